The van der Waals surface area contributed by atoms with E-state index in [1.807, 2.05) is 30.3 Å². The van der Waals surface area contributed by atoms with Crippen LogP contribution in [0.25, 0.3) is 10.9 Å². The number of rotatable bonds is 3. The van der Waals surface area contributed by atoms with Gasteiger partial charge in [-0.25, -0.2) is 0 Å². The van der Waals surface area contributed by atoms with Gasteiger partial charge in [-0.2, -0.15) is 0 Å². The van der Waals surface area contributed by atoms with E-state index >= 15 is 0 Å². The first-order valence-electron chi connectivity index (χ1n) is 6.44. The average molecular weight is 243 g/mol. The molecule has 1 aromatic carbocycles. The maximum absolute atomic E-state index is 10.4. The third kappa shape index (κ3) is 2.24. The lowest BCUT2D eigenvalue weighted by atomic mass is 9.94. The number of hydrogen-bond donors (Lipinski definition) is 1. The fraction of sp³-hybridized carbons (Fsp3) is 0.400. The van der Waals surface area contributed by atoms with E-state index in [1.54, 1.807) is 6.20 Å². The summed E-state index contributed by atoms with van der Waals surface area (Å²) in [5.74, 6) is 0.479. The number of hydrogen-bond acceptors (Lipinski definition) is 3. The SMILES string of the molecule is OC(CC1CCOC1)c1cccc2ncccc12. The maximum Gasteiger partial charge on any atom is 0.0800 e. The molecule has 0 aliphatic carbocycles. The topological polar surface area (TPSA) is 42.4 Å². The molecule has 1 fully saturated rings. The van der Waals surface area contributed by atoms with Crippen molar-refractivity contribution in [1.82, 2.24) is 4.98 Å². The lowest BCUT2D eigenvalue weighted by molar-refractivity contribution is 0.130. The summed E-state index contributed by atoms with van der Waals surface area (Å²) in [6, 6.07) is 9.86. The summed E-state index contributed by atoms with van der Waals surface area (Å²) in [5, 5.41) is 11.4. The number of nitrogens with zero attached hydrogens (tertiary/aromatic N) is 1. The van der Waals surface area contributed by atoms with Crippen LogP contribution in [0.5, 0.6) is 0 Å². The number of aliphatic hydroxyl groups excluding tert-OH is 1. The minimum atomic E-state index is -0.426. The molecule has 1 aromatic heterocycles. The van der Waals surface area contributed by atoms with E-state index in [9.17, 15) is 5.11 Å². The third-order valence-corrected chi connectivity index (χ3v) is 3.62. The van der Waals surface area contributed by atoms with Crippen LogP contribution >= 0.6 is 0 Å². The monoisotopic (exact) mass is 243 g/mol. The third-order valence-electron chi connectivity index (χ3n) is 3.62. The van der Waals surface area contributed by atoms with Crippen LogP contribution in [0.3, 0.4) is 0 Å². The number of fused-ring (bicyclic) bond motifs is 1. The van der Waals surface area contributed by atoms with Crippen LogP contribution in [0.15, 0.2) is 36.5 Å². The van der Waals surface area contributed by atoms with Gasteiger partial charge in [0.25, 0.3) is 0 Å². The van der Waals surface area contributed by atoms with Gasteiger partial charge in [0.15, 0.2) is 0 Å². The molecule has 2 heterocycles. The fourth-order valence-electron chi connectivity index (χ4n) is 2.63. The van der Waals surface area contributed by atoms with E-state index in [0.717, 1.165) is 42.5 Å². The Balaban J connectivity index is 1.88. The van der Waals surface area contributed by atoms with Crippen molar-refractivity contribution in [3.05, 3.63) is 42.1 Å². The van der Waals surface area contributed by atoms with Crippen molar-refractivity contribution in [3.63, 3.8) is 0 Å². The molecule has 0 bridgehead atoms. The molecule has 18 heavy (non-hydrogen) atoms. The molecular weight excluding hydrogens is 226 g/mol. The zero-order chi connectivity index (χ0) is 12.4. The molecule has 2 atom stereocenters. The van der Waals surface area contributed by atoms with E-state index in [-0.39, 0.29) is 0 Å². The van der Waals surface area contributed by atoms with Crippen LogP contribution in [0.2, 0.25) is 0 Å². The molecule has 0 saturated carbocycles. The lowest BCUT2D eigenvalue weighted by Gasteiger charge is -2.16. The fourth-order valence-corrected chi connectivity index (χ4v) is 2.63. The Bertz CT molecular complexity index is 530. The van der Waals surface area contributed by atoms with Gasteiger partial charge in [0, 0.05) is 24.8 Å². The highest BCUT2D eigenvalue weighted by Crippen LogP contribution is 2.30. The Kier molecular flexibility index (Phi) is 3.26. The highest BCUT2D eigenvalue weighted by Gasteiger charge is 2.21. The first-order valence-corrected chi connectivity index (χ1v) is 6.44. The zero-order valence-corrected chi connectivity index (χ0v) is 10.2. The Labute approximate surface area is 106 Å². The largest absolute Gasteiger partial charge is 0.388 e. The average Bonchev–Trinajstić information content (AvgIpc) is 2.91. The minimum absolute atomic E-state index is 0.426. The van der Waals surface area contributed by atoms with Gasteiger partial charge in [-0.15, -0.1) is 0 Å². The Morgan fingerprint density at radius 1 is 1.33 bits per heavy atom. The molecule has 2 aromatic rings. The predicted molar refractivity (Wildman–Crippen MR) is 70.2 cm³/mol. The smallest absolute Gasteiger partial charge is 0.0800 e. The zero-order valence-electron chi connectivity index (χ0n) is 10.2. The molecule has 1 aliphatic heterocycles. The molecule has 1 N–H and O–H groups in total. The quantitative estimate of drug-likeness (QED) is 0.901. The van der Waals surface area contributed by atoms with E-state index in [0.29, 0.717) is 5.92 Å². The van der Waals surface area contributed by atoms with Gasteiger partial charge in [0.2, 0.25) is 0 Å². The van der Waals surface area contributed by atoms with Gasteiger partial charge in [0.05, 0.1) is 11.6 Å². The maximum atomic E-state index is 10.4. The van der Waals surface area contributed by atoms with Crippen molar-refractivity contribution in [2.75, 3.05) is 13.2 Å². The number of benzene rings is 1. The molecule has 1 aliphatic rings. The molecule has 0 radical (unpaired) electrons. The highest BCUT2D eigenvalue weighted by molar-refractivity contribution is 5.82. The molecule has 0 amide bonds. The number of pyridine rings is 1. The van der Waals surface area contributed by atoms with Crippen LogP contribution in [-0.4, -0.2) is 23.3 Å². The van der Waals surface area contributed by atoms with E-state index in [1.165, 1.54) is 0 Å². The molecule has 0 spiro atoms. The van der Waals surface area contributed by atoms with E-state index in [2.05, 4.69) is 4.98 Å². The molecule has 3 nitrogen and oxygen atoms in total. The Morgan fingerprint density at radius 3 is 3.11 bits per heavy atom. The van der Waals surface area contributed by atoms with Gasteiger partial charge in [-0.1, -0.05) is 18.2 Å². The molecule has 3 rings (SSSR count). The summed E-state index contributed by atoms with van der Waals surface area (Å²) in [6.07, 6.45) is 3.18. The number of ether oxygens (including phenoxy) is 1. The van der Waals surface area contributed by atoms with E-state index < -0.39 is 6.10 Å². The van der Waals surface area contributed by atoms with Crippen molar-refractivity contribution < 1.29 is 9.84 Å². The van der Waals surface area contributed by atoms with Crippen LogP contribution in [0.4, 0.5) is 0 Å². The molecule has 94 valence electrons. The van der Waals surface area contributed by atoms with Gasteiger partial charge >= 0.3 is 0 Å². The van der Waals surface area contributed by atoms with Gasteiger partial charge in [0.1, 0.15) is 0 Å². The number of aromatic nitrogens is 1. The van der Waals surface area contributed by atoms with Gasteiger partial charge < -0.3 is 9.84 Å². The lowest BCUT2D eigenvalue weighted by Crippen LogP contribution is -2.07. The standard InChI is InChI=1S/C15H17NO2/c17-15(9-11-6-8-18-10-11)13-3-1-5-14-12(13)4-2-7-16-14/h1-5,7,11,15,17H,6,8-10H2. The first-order chi connectivity index (χ1) is 8.84. The van der Waals surface area contributed by atoms with Crippen LogP contribution in [-0.2, 0) is 4.74 Å². The summed E-state index contributed by atoms with van der Waals surface area (Å²) in [5.41, 5.74) is 1.92. The second-order valence-corrected chi connectivity index (χ2v) is 4.90. The van der Waals surface area contributed by atoms with Gasteiger partial charge in [-0.05, 0) is 36.5 Å². The van der Waals surface area contributed by atoms with Crippen molar-refractivity contribution in [2.24, 2.45) is 5.92 Å². The second-order valence-electron chi connectivity index (χ2n) is 4.90. The number of aliphatic hydroxyl groups is 1. The highest BCUT2D eigenvalue weighted by atomic mass is 16.5. The molecule has 3 heteroatoms. The van der Waals surface area contributed by atoms with Crippen LogP contribution in [0.1, 0.15) is 24.5 Å². The summed E-state index contributed by atoms with van der Waals surface area (Å²) < 4.78 is 5.36. The van der Waals surface area contributed by atoms with Crippen molar-refractivity contribution in [1.29, 1.82) is 0 Å². The summed E-state index contributed by atoms with van der Waals surface area (Å²) in [6.45, 7) is 1.61. The summed E-state index contributed by atoms with van der Waals surface area (Å²) in [7, 11) is 0. The first kappa shape index (κ1) is 11.6. The van der Waals surface area contributed by atoms with Crippen molar-refractivity contribution in [3.8, 4) is 0 Å². The normalized spacial score (nSPS) is 21.3. The van der Waals surface area contributed by atoms with Crippen LogP contribution < -0.4 is 0 Å². The Hall–Kier alpha value is -1.45. The Morgan fingerprint density at radius 2 is 2.28 bits per heavy atom. The summed E-state index contributed by atoms with van der Waals surface area (Å²) in [4.78, 5) is 4.32. The van der Waals surface area contributed by atoms with E-state index in [4.69, 9.17) is 4.74 Å². The van der Waals surface area contributed by atoms with Crippen molar-refractivity contribution >= 4 is 10.9 Å². The summed E-state index contributed by atoms with van der Waals surface area (Å²) >= 11 is 0. The molecular formula is C15H17NO2. The minimum Gasteiger partial charge on any atom is -0.388 e. The molecule has 2 unspecified atom stereocenters. The predicted octanol–water partition coefficient (Wildman–Crippen LogP) is 2.69. The second kappa shape index (κ2) is 5.04. The van der Waals surface area contributed by atoms with Crippen molar-refractivity contribution in [2.45, 2.75) is 18.9 Å². The van der Waals surface area contributed by atoms with Gasteiger partial charge in [-0.3, -0.25) is 4.98 Å². The molecule has 1 saturated heterocycles. The van der Waals surface area contributed by atoms with Crippen LogP contribution in [0, 0.1) is 5.92 Å².